The number of carbonyl (C=O) groups excluding carboxylic acids is 1. The number of hydrogen-bond acceptors (Lipinski definition) is 4. The topological polar surface area (TPSA) is 63.2 Å². The molecule has 0 saturated heterocycles. The van der Waals surface area contributed by atoms with Gasteiger partial charge < -0.3 is 15.4 Å². The van der Waals surface area contributed by atoms with Crippen LogP contribution in [0.5, 0.6) is 5.75 Å². The summed E-state index contributed by atoms with van der Waals surface area (Å²) in [6.45, 7) is 0.708. The van der Waals surface area contributed by atoms with Gasteiger partial charge in [0.05, 0.1) is 18.4 Å². The highest BCUT2D eigenvalue weighted by Crippen LogP contribution is 2.15. The lowest BCUT2D eigenvalue weighted by Crippen LogP contribution is -2.13. The number of pyridine rings is 1. The summed E-state index contributed by atoms with van der Waals surface area (Å²) in [6.07, 6.45) is 2.30. The second kappa shape index (κ2) is 8.80. The van der Waals surface area contributed by atoms with Crippen molar-refractivity contribution < 1.29 is 13.9 Å². The molecule has 138 valence electrons. The Kier molecular flexibility index (Phi) is 5.99. The van der Waals surface area contributed by atoms with Crippen molar-refractivity contribution in [3.63, 3.8) is 0 Å². The number of aromatic nitrogens is 1. The molecule has 0 atom stereocenters. The Morgan fingerprint density at radius 2 is 1.85 bits per heavy atom. The van der Waals surface area contributed by atoms with Crippen molar-refractivity contribution in [2.75, 3.05) is 24.3 Å². The Balaban J connectivity index is 1.52. The lowest BCUT2D eigenvalue weighted by atomic mass is 10.1. The first-order valence-corrected chi connectivity index (χ1v) is 8.54. The minimum absolute atomic E-state index is 0.143. The standard InChI is InChI=1S/C21H20FN3O2/c1-27-17-9-6-15(7-10-17)12-13-23-20-11-8-16(14-24-20)21(26)25-19-5-3-2-4-18(19)22/h2-11,14H,12-13H2,1H3,(H,23,24)(H,25,26). The fourth-order valence-corrected chi connectivity index (χ4v) is 2.52. The van der Waals surface area contributed by atoms with Crippen LogP contribution in [-0.4, -0.2) is 24.5 Å². The Hall–Kier alpha value is -3.41. The van der Waals surface area contributed by atoms with Crippen molar-refractivity contribution in [2.45, 2.75) is 6.42 Å². The number of ether oxygens (including phenoxy) is 1. The molecule has 0 bridgehead atoms. The number of methoxy groups -OCH3 is 1. The number of anilines is 2. The van der Waals surface area contributed by atoms with Gasteiger partial charge >= 0.3 is 0 Å². The molecule has 2 aromatic carbocycles. The van der Waals surface area contributed by atoms with E-state index < -0.39 is 11.7 Å². The molecule has 0 spiro atoms. The molecule has 0 radical (unpaired) electrons. The molecule has 3 rings (SSSR count). The van der Waals surface area contributed by atoms with Crippen LogP contribution in [0.4, 0.5) is 15.9 Å². The summed E-state index contributed by atoms with van der Waals surface area (Å²) in [5.74, 6) is 0.622. The van der Waals surface area contributed by atoms with E-state index in [1.165, 1.54) is 23.9 Å². The van der Waals surface area contributed by atoms with Crippen LogP contribution < -0.4 is 15.4 Å². The van der Waals surface area contributed by atoms with Crippen molar-refractivity contribution in [1.29, 1.82) is 0 Å². The molecular weight excluding hydrogens is 345 g/mol. The summed E-state index contributed by atoms with van der Waals surface area (Å²) in [5, 5.41) is 5.75. The van der Waals surface area contributed by atoms with E-state index in [1.807, 2.05) is 24.3 Å². The number of amides is 1. The monoisotopic (exact) mass is 365 g/mol. The van der Waals surface area contributed by atoms with Gasteiger partial charge in [-0.15, -0.1) is 0 Å². The molecular formula is C21H20FN3O2. The van der Waals surface area contributed by atoms with Crippen LogP contribution in [-0.2, 0) is 6.42 Å². The molecule has 6 heteroatoms. The van der Waals surface area contributed by atoms with Crippen molar-refractivity contribution >= 4 is 17.4 Å². The number of carbonyl (C=O) groups is 1. The maximum atomic E-state index is 13.6. The predicted octanol–water partition coefficient (Wildman–Crippen LogP) is 4.14. The van der Waals surface area contributed by atoms with Crippen molar-refractivity contribution in [3.05, 3.63) is 83.8 Å². The zero-order chi connectivity index (χ0) is 19.1. The number of nitrogens with one attached hydrogen (secondary N) is 2. The fraction of sp³-hybridized carbons (Fsp3) is 0.143. The van der Waals surface area contributed by atoms with Gasteiger partial charge in [-0.25, -0.2) is 9.37 Å². The molecule has 5 nitrogen and oxygen atoms in total. The van der Waals surface area contributed by atoms with Crippen LogP contribution in [0, 0.1) is 5.82 Å². The van der Waals surface area contributed by atoms with Gasteiger partial charge in [0.25, 0.3) is 5.91 Å². The second-order valence-corrected chi connectivity index (χ2v) is 5.89. The Bertz CT molecular complexity index is 896. The molecule has 3 aromatic rings. The number of hydrogen-bond donors (Lipinski definition) is 2. The predicted molar refractivity (Wildman–Crippen MR) is 104 cm³/mol. The molecule has 0 aliphatic carbocycles. The summed E-state index contributed by atoms with van der Waals surface area (Å²) < 4.78 is 18.7. The van der Waals surface area contributed by atoms with Gasteiger partial charge in [0.15, 0.2) is 0 Å². The minimum Gasteiger partial charge on any atom is -0.497 e. The van der Waals surface area contributed by atoms with E-state index in [0.29, 0.717) is 17.9 Å². The van der Waals surface area contributed by atoms with Gasteiger partial charge in [0.1, 0.15) is 17.4 Å². The summed E-state index contributed by atoms with van der Waals surface area (Å²) >= 11 is 0. The third-order valence-electron chi connectivity index (χ3n) is 4.03. The second-order valence-electron chi connectivity index (χ2n) is 5.89. The third kappa shape index (κ3) is 5.04. The molecule has 0 unspecified atom stereocenters. The first kappa shape index (κ1) is 18.4. The number of benzene rings is 2. The number of rotatable bonds is 7. The van der Waals surface area contributed by atoms with Gasteiger partial charge in [0, 0.05) is 12.7 Å². The Morgan fingerprint density at radius 1 is 1.07 bits per heavy atom. The molecule has 0 aliphatic rings. The van der Waals surface area contributed by atoms with Gasteiger partial charge in [-0.05, 0) is 48.4 Å². The first-order valence-electron chi connectivity index (χ1n) is 8.54. The summed E-state index contributed by atoms with van der Waals surface area (Å²) in [6, 6.07) is 17.3. The number of para-hydroxylation sites is 1. The quantitative estimate of drug-likeness (QED) is 0.661. The van der Waals surface area contributed by atoms with Gasteiger partial charge in [-0.1, -0.05) is 24.3 Å². The van der Waals surface area contributed by atoms with E-state index >= 15 is 0 Å². The fourth-order valence-electron chi connectivity index (χ4n) is 2.52. The Labute approximate surface area is 157 Å². The van der Waals surface area contributed by atoms with Crippen LogP contribution in [0.25, 0.3) is 0 Å². The van der Waals surface area contributed by atoms with Crippen LogP contribution in [0.1, 0.15) is 15.9 Å². The Morgan fingerprint density at radius 3 is 2.52 bits per heavy atom. The summed E-state index contributed by atoms with van der Waals surface area (Å²) in [5.41, 5.74) is 1.69. The third-order valence-corrected chi connectivity index (χ3v) is 4.03. The van der Waals surface area contributed by atoms with E-state index in [9.17, 15) is 9.18 Å². The molecule has 0 saturated carbocycles. The lowest BCUT2D eigenvalue weighted by Gasteiger charge is -2.08. The molecule has 2 N–H and O–H groups in total. The summed E-state index contributed by atoms with van der Waals surface area (Å²) in [7, 11) is 1.64. The van der Waals surface area contributed by atoms with Gasteiger partial charge in [-0.2, -0.15) is 0 Å². The first-order chi connectivity index (χ1) is 13.2. The number of halogens is 1. The maximum Gasteiger partial charge on any atom is 0.257 e. The minimum atomic E-state index is -0.476. The normalized spacial score (nSPS) is 10.3. The average molecular weight is 365 g/mol. The lowest BCUT2D eigenvalue weighted by molar-refractivity contribution is 0.102. The molecule has 0 aliphatic heterocycles. The van der Waals surface area contributed by atoms with Crippen LogP contribution in [0.3, 0.4) is 0 Å². The van der Waals surface area contributed by atoms with E-state index in [0.717, 1.165) is 12.2 Å². The van der Waals surface area contributed by atoms with Crippen LogP contribution in [0.15, 0.2) is 66.9 Å². The van der Waals surface area contributed by atoms with Crippen LogP contribution in [0.2, 0.25) is 0 Å². The largest absolute Gasteiger partial charge is 0.497 e. The highest BCUT2D eigenvalue weighted by molar-refractivity contribution is 6.04. The zero-order valence-corrected chi connectivity index (χ0v) is 14.9. The van der Waals surface area contributed by atoms with E-state index in [1.54, 1.807) is 31.4 Å². The van der Waals surface area contributed by atoms with Crippen molar-refractivity contribution in [3.8, 4) is 5.75 Å². The van der Waals surface area contributed by atoms with E-state index in [4.69, 9.17) is 4.74 Å². The van der Waals surface area contributed by atoms with E-state index in [-0.39, 0.29) is 5.69 Å². The maximum absolute atomic E-state index is 13.6. The zero-order valence-electron chi connectivity index (χ0n) is 14.9. The smallest absolute Gasteiger partial charge is 0.257 e. The summed E-state index contributed by atoms with van der Waals surface area (Å²) in [4.78, 5) is 16.4. The van der Waals surface area contributed by atoms with Crippen molar-refractivity contribution in [1.82, 2.24) is 4.98 Å². The molecule has 1 amide bonds. The number of nitrogens with zero attached hydrogens (tertiary/aromatic N) is 1. The van der Waals surface area contributed by atoms with Gasteiger partial charge in [-0.3, -0.25) is 4.79 Å². The van der Waals surface area contributed by atoms with E-state index in [2.05, 4.69) is 15.6 Å². The molecule has 1 aromatic heterocycles. The molecule has 1 heterocycles. The average Bonchev–Trinajstić information content (AvgIpc) is 2.71. The molecule has 0 fully saturated rings. The highest BCUT2D eigenvalue weighted by Gasteiger charge is 2.09. The van der Waals surface area contributed by atoms with Gasteiger partial charge in [0.2, 0.25) is 0 Å². The van der Waals surface area contributed by atoms with Crippen molar-refractivity contribution in [2.24, 2.45) is 0 Å². The van der Waals surface area contributed by atoms with Crippen LogP contribution >= 0.6 is 0 Å². The highest BCUT2D eigenvalue weighted by atomic mass is 19.1. The molecule has 27 heavy (non-hydrogen) atoms. The SMILES string of the molecule is COc1ccc(CCNc2ccc(C(=O)Nc3ccccc3F)cn2)cc1.